The minimum Gasteiger partial charge on any atom is -0.368 e. The summed E-state index contributed by atoms with van der Waals surface area (Å²) in [6.07, 6.45) is 3.53. The van der Waals surface area contributed by atoms with Crippen LogP contribution in [0.1, 0.15) is 30.6 Å². The monoisotopic (exact) mass is 436 g/mol. The number of hydrogen-bond donors (Lipinski definition) is 2. The molecule has 2 N–H and O–H groups in total. The highest BCUT2D eigenvalue weighted by Crippen LogP contribution is 2.37. The Morgan fingerprint density at radius 3 is 2.59 bits per heavy atom. The number of Topliss-reactive ketones (excluding diaryl/α,β-unsaturated/α-hetero) is 1. The van der Waals surface area contributed by atoms with E-state index >= 15 is 0 Å². The molecule has 0 spiro atoms. The van der Waals surface area contributed by atoms with Gasteiger partial charge in [0.05, 0.1) is 23.0 Å². The van der Waals surface area contributed by atoms with Crippen molar-refractivity contribution in [2.24, 2.45) is 0 Å². The molecule has 0 radical (unpaired) electrons. The van der Waals surface area contributed by atoms with E-state index in [1.807, 2.05) is 37.1 Å². The van der Waals surface area contributed by atoms with Crippen molar-refractivity contribution in [1.82, 2.24) is 25.2 Å². The second kappa shape index (κ2) is 7.70. The lowest BCUT2D eigenvalue weighted by Crippen LogP contribution is -2.68. The maximum Gasteiger partial charge on any atom is 0.243 e. The van der Waals surface area contributed by atoms with Crippen LogP contribution in [-0.2, 0) is 4.79 Å². The molecule has 2 aromatic rings. The summed E-state index contributed by atoms with van der Waals surface area (Å²) in [6.45, 7) is 8.58. The molecule has 3 aliphatic heterocycles. The number of nitrogens with one attached hydrogen (secondary N) is 2. The Bertz CT molecular complexity index is 1050. The molecule has 2 saturated heterocycles. The van der Waals surface area contributed by atoms with Crippen LogP contribution >= 0.6 is 0 Å². The fourth-order valence-corrected chi connectivity index (χ4v) is 4.59. The van der Waals surface area contributed by atoms with Crippen LogP contribution in [0.4, 0.5) is 23.3 Å². The van der Waals surface area contributed by atoms with E-state index in [2.05, 4.69) is 42.4 Å². The zero-order chi connectivity index (χ0) is 22.5. The Morgan fingerprint density at radius 2 is 1.88 bits per heavy atom. The van der Waals surface area contributed by atoms with Crippen LogP contribution in [0.2, 0.25) is 0 Å². The summed E-state index contributed by atoms with van der Waals surface area (Å²) in [6, 6.07) is 3.39. The van der Waals surface area contributed by atoms with E-state index in [0.29, 0.717) is 29.7 Å². The van der Waals surface area contributed by atoms with E-state index in [1.54, 1.807) is 6.20 Å². The van der Waals surface area contributed by atoms with Gasteiger partial charge in [-0.15, -0.1) is 0 Å². The summed E-state index contributed by atoms with van der Waals surface area (Å²) >= 11 is 0. The number of ketones is 1. The predicted octanol–water partition coefficient (Wildman–Crippen LogP) is 1.04. The Balaban J connectivity index is 1.39. The van der Waals surface area contributed by atoms with Gasteiger partial charge in [-0.3, -0.25) is 9.59 Å². The van der Waals surface area contributed by atoms with E-state index in [-0.39, 0.29) is 23.7 Å². The van der Waals surface area contributed by atoms with Crippen molar-refractivity contribution in [3.63, 3.8) is 0 Å². The van der Waals surface area contributed by atoms with Gasteiger partial charge in [0.1, 0.15) is 17.7 Å². The number of likely N-dealkylation sites (N-methyl/N-ethyl adjacent to an activating group) is 1. The van der Waals surface area contributed by atoms with Gasteiger partial charge in [0, 0.05) is 45.3 Å². The molecule has 5 heterocycles. The average Bonchev–Trinajstić information content (AvgIpc) is 2.77. The lowest BCUT2D eigenvalue weighted by Gasteiger charge is -2.49. The zero-order valence-corrected chi connectivity index (χ0v) is 18.6. The van der Waals surface area contributed by atoms with E-state index < -0.39 is 6.04 Å². The largest absolute Gasteiger partial charge is 0.368 e. The first kappa shape index (κ1) is 20.6. The third-order valence-electron chi connectivity index (χ3n) is 6.49. The second-order valence-corrected chi connectivity index (χ2v) is 9.29. The fourth-order valence-electron chi connectivity index (χ4n) is 4.59. The molecular weight excluding hydrogens is 408 g/mol. The molecule has 2 aromatic heterocycles. The SMILES string of the molecule is CN1CCN(c2ccc(Nc3ncc4c(n3)N3C(CC4=O)C(=O)NCC3(C)C)nc2)CC1. The van der Waals surface area contributed by atoms with Crippen molar-refractivity contribution >= 4 is 35.0 Å². The summed E-state index contributed by atoms with van der Waals surface area (Å²) in [7, 11) is 2.13. The molecule has 1 unspecified atom stereocenters. The molecule has 0 saturated carbocycles. The number of piperazine rings is 2. The van der Waals surface area contributed by atoms with Crippen LogP contribution in [0.25, 0.3) is 0 Å². The van der Waals surface area contributed by atoms with Gasteiger partial charge in [-0.25, -0.2) is 9.97 Å². The lowest BCUT2D eigenvalue weighted by atomic mass is 9.88. The van der Waals surface area contributed by atoms with Crippen molar-refractivity contribution in [3.8, 4) is 0 Å². The number of aromatic nitrogens is 3. The first-order valence-electron chi connectivity index (χ1n) is 11.0. The molecule has 2 fully saturated rings. The van der Waals surface area contributed by atoms with Crippen molar-refractivity contribution in [2.45, 2.75) is 31.8 Å². The quantitative estimate of drug-likeness (QED) is 0.730. The number of fused-ring (bicyclic) bond motifs is 3. The number of carbonyl (C=O) groups is 2. The number of anilines is 4. The molecule has 1 atom stereocenters. The molecule has 1 amide bonds. The van der Waals surface area contributed by atoms with Gasteiger partial charge in [-0.2, -0.15) is 4.98 Å². The van der Waals surface area contributed by atoms with Gasteiger partial charge in [-0.1, -0.05) is 0 Å². The van der Waals surface area contributed by atoms with Crippen molar-refractivity contribution in [1.29, 1.82) is 0 Å². The molecule has 10 heteroatoms. The number of nitrogens with zero attached hydrogens (tertiary/aromatic N) is 6. The third-order valence-corrected chi connectivity index (χ3v) is 6.49. The molecule has 5 rings (SSSR count). The van der Waals surface area contributed by atoms with Gasteiger partial charge >= 0.3 is 0 Å². The Labute approximate surface area is 187 Å². The molecule has 0 aliphatic carbocycles. The highest BCUT2D eigenvalue weighted by molar-refractivity contribution is 6.07. The smallest absolute Gasteiger partial charge is 0.243 e. The molecule has 32 heavy (non-hydrogen) atoms. The number of amides is 1. The normalized spacial score (nSPS) is 22.8. The van der Waals surface area contributed by atoms with Crippen molar-refractivity contribution in [3.05, 3.63) is 30.1 Å². The molecular formula is C22H28N8O2. The lowest BCUT2D eigenvalue weighted by molar-refractivity contribution is -0.124. The van der Waals surface area contributed by atoms with E-state index in [0.717, 1.165) is 31.9 Å². The molecule has 10 nitrogen and oxygen atoms in total. The van der Waals surface area contributed by atoms with Crippen LogP contribution in [0.15, 0.2) is 24.5 Å². The summed E-state index contributed by atoms with van der Waals surface area (Å²) in [4.78, 5) is 45.2. The standard InChI is InChI=1S/C22H28N8O2/c1-22(2)13-25-20(32)16-10-17(31)15-12-24-21(27-19(15)30(16)22)26-18-5-4-14(11-23-18)29-8-6-28(3)7-9-29/h4-5,11-12,16H,6-10,13H2,1-3H3,(H,25,32)(H,23,24,26,27). The summed E-state index contributed by atoms with van der Waals surface area (Å²) in [5.74, 6) is 1.21. The Hall–Kier alpha value is -3.27. The van der Waals surface area contributed by atoms with Gasteiger partial charge in [0.2, 0.25) is 11.9 Å². The number of hydrogen-bond acceptors (Lipinski definition) is 9. The predicted molar refractivity (Wildman–Crippen MR) is 122 cm³/mol. The zero-order valence-electron chi connectivity index (χ0n) is 18.6. The van der Waals surface area contributed by atoms with Gasteiger partial charge < -0.3 is 25.3 Å². The first-order valence-corrected chi connectivity index (χ1v) is 11.0. The highest BCUT2D eigenvalue weighted by atomic mass is 16.2. The number of rotatable bonds is 3. The summed E-state index contributed by atoms with van der Waals surface area (Å²) in [5.41, 5.74) is 1.17. The van der Waals surface area contributed by atoms with Crippen LogP contribution in [-0.4, -0.2) is 82.9 Å². The van der Waals surface area contributed by atoms with Crippen LogP contribution in [0, 0.1) is 0 Å². The number of pyridine rings is 1. The maximum absolute atomic E-state index is 12.6. The van der Waals surface area contributed by atoms with Crippen molar-refractivity contribution in [2.75, 3.05) is 54.9 Å². The minimum atomic E-state index is -0.553. The highest BCUT2D eigenvalue weighted by Gasteiger charge is 2.47. The summed E-state index contributed by atoms with van der Waals surface area (Å²) in [5, 5.41) is 6.05. The molecule has 0 bridgehead atoms. The Morgan fingerprint density at radius 1 is 1.09 bits per heavy atom. The van der Waals surface area contributed by atoms with E-state index in [4.69, 9.17) is 0 Å². The third kappa shape index (κ3) is 3.64. The second-order valence-electron chi connectivity index (χ2n) is 9.29. The van der Waals surface area contributed by atoms with Gasteiger partial charge in [0.15, 0.2) is 5.78 Å². The first-order chi connectivity index (χ1) is 15.3. The van der Waals surface area contributed by atoms with Crippen LogP contribution in [0.5, 0.6) is 0 Å². The van der Waals surface area contributed by atoms with Crippen LogP contribution in [0.3, 0.4) is 0 Å². The van der Waals surface area contributed by atoms with E-state index in [1.165, 1.54) is 0 Å². The van der Waals surface area contributed by atoms with Crippen molar-refractivity contribution < 1.29 is 9.59 Å². The molecule has 168 valence electrons. The van der Waals surface area contributed by atoms with E-state index in [9.17, 15) is 9.59 Å². The molecule has 0 aromatic carbocycles. The average molecular weight is 437 g/mol. The maximum atomic E-state index is 12.6. The van der Waals surface area contributed by atoms with Gasteiger partial charge in [0.25, 0.3) is 0 Å². The van der Waals surface area contributed by atoms with Crippen LogP contribution < -0.4 is 20.4 Å². The fraction of sp³-hybridized carbons (Fsp3) is 0.500. The molecule has 3 aliphatic rings. The number of carbonyl (C=O) groups excluding carboxylic acids is 2. The summed E-state index contributed by atoms with van der Waals surface area (Å²) < 4.78 is 0. The minimum absolute atomic E-state index is 0.115. The topological polar surface area (TPSA) is 107 Å². The van der Waals surface area contributed by atoms with Gasteiger partial charge in [-0.05, 0) is 33.0 Å². The Kier molecular flexibility index (Phi) is 4.96.